The van der Waals surface area contributed by atoms with Gasteiger partial charge in [0.2, 0.25) is 0 Å². The highest BCUT2D eigenvalue weighted by atomic mass is 16.5. The lowest BCUT2D eigenvalue weighted by molar-refractivity contribution is 0.0526. The standard InChI is InChI=1S/C21H25NO2/c1-4-24-21(23)18-12-13-19(17-8-6-5-7-9-17)20(14-18)22-15(2)10-11-16(22)3/h5-9,12-16H,4,10-11H2,1-3H3. The zero-order valence-electron chi connectivity index (χ0n) is 14.7. The van der Waals surface area contributed by atoms with Crippen molar-refractivity contribution in [1.29, 1.82) is 0 Å². The summed E-state index contributed by atoms with van der Waals surface area (Å²) in [7, 11) is 0. The molecular formula is C21H25NO2. The van der Waals surface area contributed by atoms with Crippen molar-refractivity contribution in [3.05, 3.63) is 54.1 Å². The molecule has 2 atom stereocenters. The molecule has 0 amide bonds. The van der Waals surface area contributed by atoms with E-state index in [1.165, 1.54) is 24.0 Å². The topological polar surface area (TPSA) is 29.5 Å². The fourth-order valence-corrected chi connectivity index (χ4v) is 3.62. The van der Waals surface area contributed by atoms with Crippen LogP contribution in [0.1, 0.15) is 44.0 Å². The number of carbonyl (C=O) groups is 1. The average Bonchev–Trinajstić information content (AvgIpc) is 2.94. The predicted molar refractivity (Wildman–Crippen MR) is 98.5 cm³/mol. The molecular weight excluding hydrogens is 298 g/mol. The van der Waals surface area contributed by atoms with Crippen LogP contribution in [0.5, 0.6) is 0 Å². The molecule has 1 aliphatic heterocycles. The number of benzene rings is 2. The first-order valence-corrected chi connectivity index (χ1v) is 8.76. The minimum atomic E-state index is -0.252. The summed E-state index contributed by atoms with van der Waals surface area (Å²) in [5.41, 5.74) is 4.10. The maximum atomic E-state index is 12.2. The smallest absolute Gasteiger partial charge is 0.338 e. The average molecular weight is 323 g/mol. The first kappa shape index (κ1) is 16.6. The van der Waals surface area contributed by atoms with Gasteiger partial charge in [0.1, 0.15) is 0 Å². The summed E-state index contributed by atoms with van der Waals surface area (Å²) >= 11 is 0. The van der Waals surface area contributed by atoms with E-state index in [4.69, 9.17) is 4.74 Å². The van der Waals surface area contributed by atoms with Gasteiger partial charge in [-0.2, -0.15) is 0 Å². The second-order valence-corrected chi connectivity index (χ2v) is 6.50. The van der Waals surface area contributed by atoms with Crippen LogP contribution in [0.3, 0.4) is 0 Å². The molecule has 0 bridgehead atoms. The van der Waals surface area contributed by atoms with Crippen LogP contribution in [0.15, 0.2) is 48.5 Å². The molecule has 126 valence electrons. The summed E-state index contributed by atoms with van der Waals surface area (Å²) in [4.78, 5) is 14.6. The maximum absolute atomic E-state index is 12.2. The lowest BCUT2D eigenvalue weighted by atomic mass is 9.99. The van der Waals surface area contributed by atoms with Crippen LogP contribution < -0.4 is 4.90 Å². The van der Waals surface area contributed by atoms with Gasteiger partial charge in [-0.05, 0) is 51.3 Å². The van der Waals surface area contributed by atoms with Crippen molar-refractivity contribution in [2.75, 3.05) is 11.5 Å². The molecule has 2 aromatic carbocycles. The summed E-state index contributed by atoms with van der Waals surface area (Å²) in [6.07, 6.45) is 2.36. The van der Waals surface area contributed by atoms with E-state index in [2.05, 4.69) is 49.1 Å². The van der Waals surface area contributed by atoms with Crippen LogP contribution in [0, 0.1) is 0 Å². The second kappa shape index (κ2) is 7.08. The van der Waals surface area contributed by atoms with Crippen LogP contribution in [0.4, 0.5) is 5.69 Å². The highest BCUT2D eigenvalue weighted by Gasteiger charge is 2.29. The van der Waals surface area contributed by atoms with Gasteiger partial charge >= 0.3 is 5.97 Å². The minimum Gasteiger partial charge on any atom is -0.462 e. The normalized spacial score (nSPS) is 20.2. The predicted octanol–water partition coefficient (Wildman–Crippen LogP) is 4.91. The number of esters is 1. The molecule has 0 aromatic heterocycles. The van der Waals surface area contributed by atoms with E-state index < -0.39 is 0 Å². The van der Waals surface area contributed by atoms with Crippen LogP contribution in [-0.2, 0) is 4.74 Å². The van der Waals surface area contributed by atoms with Crippen LogP contribution in [0.25, 0.3) is 11.1 Å². The van der Waals surface area contributed by atoms with E-state index >= 15 is 0 Å². The second-order valence-electron chi connectivity index (χ2n) is 6.50. The van der Waals surface area contributed by atoms with Gasteiger partial charge in [-0.3, -0.25) is 0 Å². The zero-order valence-corrected chi connectivity index (χ0v) is 14.7. The molecule has 2 unspecified atom stereocenters. The quantitative estimate of drug-likeness (QED) is 0.749. The number of rotatable bonds is 4. The molecule has 1 heterocycles. The maximum Gasteiger partial charge on any atom is 0.338 e. The van der Waals surface area contributed by atoms with Gasteiger partial charge in [0, 0.05) is 23.3 Å². The summed E-state index contributed by atoms with van der Waals surface area (Å²) in [6.45, 7) is 6.75. The molecule has 2 aromatic rings. The molecule has 3 heteroatoms. The van der Waals surface area contributed by atoms with E-state index in [9.17, 15) is 4.79 Å². The minimum absolute atomic E-state index is 0.252. The van der Waals surface area contributed by atoms with Crippen molar-refractivity contribution in [1.82, 2.24) is 0 Å². The van der Waals surface area contributed by atoms with E-state index in [1.54, 1.807) is 0 Å². The molecule has 3 nitrogen and oxygen atoms in total. The van der Waals surface area contributed by atoms with Gasteiger partial charge in [-0.25, -0.2) is 4.79 Å². The number of carbonyl (C=O) groups excluding carboxylic acids is 1. The Hall–Kier alpha value is -2.29. The highest BCUT2D eigenvalue weighted by Crippen LogP contribution is 2.38. The van der Waals surface area contributed by atoms with Crippen LogP contribution in [-0.4, -0.2) is 24.7 Å². The molecule has 0 radical (unpaired) electrons. The number of ether oxygens (including phenoxy) is 1. The Balaban J connectivity index is 2.10. The fraction of sp³-hybridized carbons (Fsp3) is 0.381. The van der Waals surface area contributed by atoms with Crippen molar-refractivity contribution < 1.29 is 9.53 Å². The Morgan fingerprint density at radius 1 is 1.08 bits per heavy atom. The Morgan fingerprint density at radius 2 is 1.75 bits per heavy atom. The largest absolute Gasteiger partial charge is 0.462 e. The Kier molecular flexibility index (Phi) is 4.89. The van der Waals surface area contributed by atoms with Gasteiger partial charge in [0.25, 0.3) is 0 Å². The number of hydrogen-bond acceptors (Lipinski definition) is 3. The third kappa shape index (κ3) is 3.16. The Morgan fingerprint density at radius 3 is 2.38 bits per heavy atom. The number of anilines is 1. The highest BCUT2D eigenvalue weighted by molar-refractivity contribution is 5.93. The van der Waals surface area contributed by atoms with Gasteiger partial charge in [-0.15, -0.1) is 0 Å². The van der Waals surface area contributed by atoms with Crippen LogP contribution in [0.2, 0.25) is 0 Å². The molecule has 0 aliphatic carbocycles. The van der Waals surface area contributed by atoms with Crippen molar-refractivity contribution >= 4 is 11.7 Å². The Labute approximate surface area is 144 Å². The van der Waals surface area contributed by atoms with E-state index in [0.717, 1.165) is 5.69 Å². The first-order chi connectivity index (χ1) is 11.6. The van der Waals surface area contributed by atoms with Gasteiger partial charge in [0.15, 0.2) is 0 Å². The number of hydrogen-bond donors (Lipinski definition) is 0. The Bertz CT molecular complexity index is 701. The van der Waals surface area contributed by atoms with E-state index in [1.807, 2.05) is 25.1 Å². The third-order valence-corrected chi connectivity index (χ3v) is 4.82. The van der Waals surface area contributed by atoms with E-state index in [0.29, 0.717) is 24.3 Å². The fourth-order valence-electron chi connectivity index (χ4n) is 3.62. The molecule has 1 aliphatic rings. The summed E-state index contributed by atoms with van der Waals surface area (Å²) in [5, 5.41) is 0. The summed E-state index contributed by atoms with van der Waals surface area (Å²) in [6, 6.07) is 17.2. The molecule has 0 N–H and O–H groups in total. The molecule has 3 rings (SSSR count). The monoisotopic (exact) mass is 323 g/mol. The summed E-state index contributed by atoms with van der Waals surface area (Å²) < 4.78 is 5.19. The van der Waals surface area contributed by atoms with E-state index in [-0.39, 0.29) is 5.97 Å². The summed E-state index contributed by atoms with van der Waals surface area (Å²) in [5.74, 6) is -0.252. The molecule has 1 saturated heterocycles. The van der Waals surface area contributed by atoms with Crippen molar-refractivity contribution in [2.45, 2.75) is 45.7 Å². The molecule has 24 heavy (non-hydrogen) atoms. The molecule has 0 spiro atoms. The SMILES string of the molecule is CCOC(=O)c1ccc(-c2ccccc2)c(N2C(C)CCC2C)c1. The third-order valence-electron chi connectivity index (χ3n) is 4.82. The van der Waals surface area contributed by atoms with Crippen molar-refractivity contribution in [3.8, 4) is 11.1 Å². The zero-order chi connectivity index (χ0) is 17.1. The first-order valence-electron chi connectivity index (χ1n) is 8.76. The van der Waals surface area contributed by atoms with Crippen LogP contribution >= 0.6 is 0 Å². The van der Waals surface area contributed by atoms with Gasteiger partial charge < -0.3 is 9.64 Å². The molecule has 1 fully saturated rings. The lowest BCUT2D eigenvalue weighted by Gasteiger charge is -2.31. The van der Waals surface area contributed by atoms with Crippen molar-refractivity contribution in [2.24, 2.45) is 0 Å². The number of nitrogens with zero attached hydrogens (tertiary/aromatic N) is 1. The van der Waals surface area contributed by atoms with Gasteiger partial charge in [0.05, 0.1) is 12.2 Å². The van der Waals surface area contributed by atoms with Gasteiger partial charge in [-0.1, -0.05) is 36.4 Å². The lowest BCUT2D eigenvalue weighted by Crippen LogP contribution is -2.33. The molecule has 0 saturated carbocycles. The van der Waals surface area contributed by atoms with Crippen molar-refractivity contribution in [3.63, 3.8) is 0 Å².